The van der Waals surface area contributed by atoms with E-state index in [9.17, 15) is 0 Å². The van der Waals surface area contributed by atoms with E-state index < -0.39 is 0 Å². The van der Waals surface area contributed by atoms with E-state index in [1.54, 1.807) is 12.2 Å². The summed E-state index contributed by atoms with van der Waals surface area (Å²) in [6.45, 7) is 19.0. The summed E-state index contributed by atoms with van der Waals surface area (Å²) >= 11 is 0. The third-order valence-electron chi connectivity index (χ3n) is 2.94. The SMILES string of the molecule is C=CCOCC(CC)(COCC=C)CC(C)(C)C. The van der Waals surface area contributed by atoms with Crippen LogP contribution in [-0.2, 0) is 9.47 Å². The topological polar surface area (TPSA) is 18.5 Å². The zero-order valence-corrected chi connectivity index (χ0v) is 12.6. The molecule has 0 saturated carbocycles. The molecule has 106 valence electrons. The van der Waals surface area contributed by atoms with Gasteiger partial charge in [0.15, 0.2) is 0 Å². The lowest BCUT2D eigenvalue weighted by Crippen LogP contribution is -2.36. The molecular weight excluding hydrogens is 224 g/mol. The Morgan fingerprint density at radius 1 is 0.944 bits per heavy atom. The van der Waals surface area contributed by atoms with Crippen LogP contribution in [0.4, 0.5) is 0 Å². The Balaban J connectivity index is 4.59. The fourth-order valence-corrected chi connectivity index (χ4v) is 2.32. The van der Waals surface area contributed by atoms with Crippen molar-refractivity contribution < 1.29 is 9.47 Å². The van der Waals surface area contributed by atoms with Crippen molar-refractivity contribution in [2.75, 3.05) is 26.4 Å². The molecule has 0 radical (unpaired) electrons. The summed E-state index contributed by atoms with van der Waals surface area (Å²) < 4.78 is 11.4. The minimum Gasteiger partial charge on any atom is -0.377 e. The van der Waals surface area contributed by atoms with Crippen LogP contribution in [0, 0.1) is 10.8 Å². The molecular formula is C16H30O2. The van der Waals surface area contributed by atoms with E-state index in [1.165, 1.54) is 0 Å². The maximum absolute atomic E-state index is 5.69. The number of hydrogen-bond acceptors (Lipinski definition) is 2. The van der Waals surface area contributed by atoms with Crippen molar-refractivity contribution in [3.63, 3.8) is 0 Å². The van der Waals surface area contributed by atoms with Gasteiger partial charge in [-0.1, -0.05) is 39.8 Å². The second kappa shape index (κ2) is 8.49. The smallest absolute Gasteiger partial charge is 0.0645 e. The molecule has 0 saturated heterocycles. The van der Waals surface area contributed by atoms with Crippen molar-refractivity contribution in [3.8, 4) is 0 Å². The first-order valence-corrected chi connectivity index (χ1v) is 6.76. The van der Waals surface area contributed by atoms with Crippen molar-refractivity contribution >= 4 is 0 Å². The lowest BCUT2D eigenvalue weighted by atomic mass is 9.73. The van der Waals surface area contributed by atoms with Gasteiger partial charge >= 0.3 is 0 Å². The molecule has 0 aliphatic carbocycles. The van der Waals surface area contributed by atoms with E-state index in [-0.39, 0.29) is 10.8 Å². The quantitative estimate of drug-likeness (QED) is 0.429. The largest absolute Gasteiger partial charge is 0.377 e. The molecule has 0 aromatic carbocycles. The Morgan fingerprint density at radius 2 is 1.39 bits per heavy atom. The number of rotatable bonds is 10. The minimum atomic E-state index is 0.0876. The first kappa shape index (κ1) is 17.4. The van der Waals surface area contributed by atoms with Gasteiger partial charge in [0.25, 0.3) is 0 Å². The maximum Gasteiger partial charge on any atom is 0.0645 e. The molecule has 0 aromatic heterocycles. The molecule has 2 nitrogen and oxygen atoms in total. The Bertz CT molecular complexity index is 224. The average molecular weight is 254 g/mol. The van der Waals surface area contributed by atoms with Gasteiger partial charge in [0.2, 0.25) is 0 Å². The molecule has 0 amide bonds. The van der Waals surface area contributed by atoms with Gasteiger partial charge in [0.1, 0.15) is 0 Å². The Labute approximate surface area is 113 Å². The molecule has 0 rings (SSSR count). The molecule has 0 N–H and O–H groups in total. The van der Waals surface area contributed by atoms with Crippen molar-refractivity contribution in [2.45, 2.75) is 40.5 Å². The minimum absolute atomic E-state index is 0.0876. The molecule has 18 heavy (non-hydrogen) atoms. The van der Waals surface area contributed by atoms with Gasteiger partial charge in [-0.2, -0.15) is 0 Å². The van der Waals surface area contributed by atoms with E-state index >= 15 is 0 Å². The van der Waals surface area contributed by atoms with E-state index in [0.29, 0.717) is 13.2 Å². The van der Waals surface area contributed by atoms with E-state index in [2.05, 4.69) is 40.9 Å². The van der Waals surface area contributed by atoms with Gasteiger partial charge in [-0.05, 0) is 18.3 Å². The van der Waals surface area contributed by atoms with Crippen molar-refractivity contribution in [1.82, 2.24) is 0 Å². The zero-order valence-electron chi connectivity index (χ0n) is 12.6. The van der Waals surface area contributed by atoms with Crippen LogP contribution in [-0.4, -0.2) is 26.4 Å². The van der Waals surface area contributed by atoms with Crippen LogP contribution in [0.3, 0.4) is 0 Å². The standard InChI is InChI=1S/C16H30O2/c1-7-10-17-13-16(9-3,12-15(4,5)6)14-18-11-8-2/h7-8H,1-2,9-14H2,3-6H3. The van der Waals surface area contributed by atoms with Gasteiger partial charge < -0.3 is 9.47 Å². The lowest BCUT2D eigenvalue weighted by molar-refractivity contribution is -0.0335. The van der Waals surface area contributed by atoms with Crippen LogP contribution in [0.15, 0.2) is 25.3 Å². The summed E-state index contributed by atoms with van der Waals surface area (Å²) in [4.78, 5) is 0. The molecule has 0 fully saturated rings. The molecule has 0 atom stereocenters. The van der Waals surface area contributed by atoms with Crippen LogP contribution in [0.5, 0.6) is 0 Å². The second-order valence-corrected chi connectivity index (χ2v) is 6.20. The van der Waals surface area contributed by atoms with Crippen LogP contribution in [0.2, 0.25) is 0 Å². The molecule has 0 aliphatic heterocycles. The molecule has 0 bridgehead atoms. The summed E-state index contributed by atoms with van der Waals surface area (Å²) in [5, 5.41) is 0. The number of ether oxygens (including phenoxy) is 2. The first-order chi connectivity index (χ1) is 8.39. The average Bonchev–Trinajstić information content (AvgIpc) is 2.27. The maximum atomic E-state index is 5.69. The van der Waals surface area contributed by atoms with Gasteiger partial charge in [-0.15, -0.1) is 13.2 Å². The van der Waals surface area contributed by atoms with Crippen LogP contribution >= 0.6 is 0 Å². The van der Waals surface area contributed by atoms with Gasteiger partial charge in [0, 0.05) is 5.41 Å². The molecule has 0 unspecified atom stereocenters. The normalized spacial score (nSPS) is 12.4. The fourth-order valence-electron chi connectivity index (χ4n) is 2.32. The number of hydrogen-bond donors (Lipinski definition) is 0. The fraction of sp³-hybridized carbons (Fsp3) is 0.750. The zero-order chi connectivity index (χ0) is 14.1. The van der Waals surface area contributed by atoms with Gasteiger partial charge in [-0.25, -0.2) is 0 Å². The van der Waals surface area contributed by atoms with E-state index in [1.807, 2.05) is 0 Å². The summed E-state index contributed by atoms with van der Waals surface area (Å²) in [7, 11) is 0. The third-order valence-corrected chi connectivity index (χ3v) is 2.94. The summed E-state index contributed by atoms with van der Waals surface area (Å²) in [5.74, 6) is 0. The highest BCUT2D eigenvalue weighted by Crippen LogP contribution is 2.37. The monoisotopic (exact) mass is 254 g/mol. The Morgan fingerprint density at radius 3 is 1.67 bits per heavy atom. The summed E-state index contributed by atoms with van der Waals surface area (Å²) in [6, 6.07) is 0. The lowest BCUT2D eigenvalue weighted by Gasteiger charge is -2.37. The van der Waals surface area contributed by atoms with Gasteiger partial charge in [0.05, 0.1) is 26.4 Å². The highest BCUT2D eigenvalue weighted by atomic mass is 16.5. The highest BCUT2D eigenvalue weighted by Gasteiger charge is 2.33. The van der Waals surface area contributed by atoms with Crippen molar-refractivity contribution in [2.24, 2.45) is 10.8 Å². The Kier molecular flexibility index (Phi) is 8.21. The van der Waals surface area contributed by atoms with E-state index in [4.69, 9.17) is 9.47 Å². The predicted octanol–water partition coefficient (Wildman–Crippen LogP) is 4.22. The summed E-state index contributed by atoms with van der Waals surface area (Å²) in [5.41, 5.74) is 0.357. The Hall–Kier alpha value is -0.600. The van der Waals surface area contributed by atoms with Crippen LogP contribution < -0.4 is 0 Å². The van der Waals surface area contributed by atoms with Gasteiger partial charge in [-0.3, -0.25) is 0 Å². The molecule has 0 heterocycles. The van der Waals surface area contributed by atoms with Crippen LogP contribution in [0.25, 0.3) is 0 Å². The first-order valence-electron chi connectivity index (χ1n) is 6.76. The van der Waals surface area contributed by atoms with Crippen molar-refractivity contribution in [3.05, 3.63) is 25.3 Å². The van der Waals surface area contributed by atoms with Crippen molar-refractivity contribution in [1.29, 1.82) is 0 Å². The highest BCUT2D eigenvalue weighted by molar-refractivity contribution is 4.84. The summed E-state index contributed by atoms with van der Waals surface area (Å²) in [6.07, 6.45) is 5.73. The second-order valence-electron chi connectivity index (χ2n) is 6.20. The third kappa shape index (κ3) is 7.67. The van der Waals surface area contributed by atoms with Crippen LogP contribution in [0.1, 0.15) is 40.5 Å². The predicted molar refractivity (Wildman–Crippen MR) is 78.8 cm³/mol. The van der Waals surface area contributed by atoms with E-state index in [0.717, 1.165) is 26.1 Å². The molecule has 2 heteroatoms. The molecule has 0 aromatic rings. The molecule has 0 spiro atoms. The molecule has 0 aliphatic rings.